The first-order chi connectivity index (χ1) is 19.5. The summed E-state index contributed by atoms with van der Waals surface area (Å²) in [5.41, 5.74) is 1.46. The minimum absolute atomic E-state index is 0.187. The minimum atomic E-state index is -0.729. The van der Waals surface area contributed by atoms with E-state index in [0.717, 1.165) is 14.7 Å². The molecule has 0 aliphatic heterocycles. The zero-order valence-electron chi connectivity index (χ0n) is 22.7. The van der Waals surface area contributed by atoms with Gasteiger partial charge in [-0.05, 0) is 25.1 Å². The summed E-state index contributed by atoms with van der Waals surface area (Å²) >= 11 is 13.5. The van der Waals surface area contributed by atoms with Gasteiger partial charge in [-0.15, -0.1) is 0 Å². The van der Waals surface area contributed by atoms with E-state index >= 15 is 0 Å². The van der Waals surface area contributed by atoms with Gasteiger partial charge in [-0.2, -0.15) is 0 Å². The molecule has 0 saturated heterocycles. The van der Waals surface area contributed by atoms with Crippen molar-refractivity contribution >= 4 is 34.8 Å². The highest BCUT2D eigenvalue weighted by Crippen LogP contribution is 2.40. The summed E-state index contributed by atoms with van der Waals surface area (Å²) in [7, 11) is 4.26. The molecule has 3 N–H and O–H groups in total. The molecule has 1 unspecified atom stereocenters. The first-order valence-corrected chi connectivity index (χ1v) is 13.2. The predicted octanol–water partition coefficient (Wildman–Crippen LogP) is 3.25. The Bertz CT molecular complexity index is 1730. The Balaban J connectivity index is 1.67. The van der Waals surface area contributed by atoms with Crippen molar-refractivity contribution in [3.05, 3.63) is 90.8 Å². The molecule has 3 aromatic heterocycles. The van der Waals surface area contributed by atoms with Gasteiger partial charge in [-0.1, -0.05) is 41.4 Å². The summed E-state index contributed by atoms with van der Waals surface area (Å²) in [6.07, 6.45) is 2.26. The van der Waals surface area contributed by atoms with Crippen LogP contribution in [-0.2, 0) is 20.6 Å². The number of hydrogen-bond donors (Lipinski definition) is 3. The van der Waals surface area contributed by atoms with Crippen LogP contribution < -0.4 is 26.6 Å². The summed E-state index contributed by atoms with van der Waals surface area (Å²) in [5.74, 6) is -0.336. The molecular weight excluding hydrogens is 571 g/mol. The Hall–Kier alpha value is -4.03. The molecule has 4 rings (SSSR count). The number of anilines is 1. The van der Waals surface area contributed by atoms with E-state index in [9.17, 15) is 19.5 Å². The normalized spacial score (nSPS) is 11.8. The van der Waals surface area contributed by atoms with E-state index in [1.807, 2.05) is 6.07 Å². The van der Waals surface area contributed by atoms with E-state index in [-0.39, 0.29) is 21.3 Å². The average molecular weight is 599 g/mol. The number of nitrogens with zero attached hydrogens (tertiary/aromatic N) is 4. The van der Waals surface area contributed by atoms with Crippen LogP contribution in [0.25, 0.3) is 22.5 Å². The predicted molar refractivity (Wildman–Crippen MR) is 158 cm³/mol. The molecule has 1 atom stereocenters. The Morgan fingerprint density at radius 2 is 1.83 bits per heavy atom. The van der Waals surface area contributed by atoms with Crippen molar-refractivity contribution in [2.75, 3.05) is 19.0 Å². The molecule has 214 valence electrons. The Labute approximate surface area is 245 Å². The number of halogens is 2. The van der Waals surface area contributed by atoms with Gasteiger partial charge in [-0.3, -0.25) is 19.1 Å². The van der Waals surface area contributed by atoms with Crippen molar-refractivity contribution in [1.82, 2.24) is 24.4 Å². The lowest BCUT2D eigenvalue weighted by atomic mass is 10.0. The summed E-state index contributed by atoms with van der Waals surface area (Å²) in [6, 6.07) is 10.3. The van der Waals surface area contributed by atoms with Crippen LogP contribution in [0.4, 0.5) is 5.69 Å². The van der Waals surface area contributed by atoms with Crippen molar-refractivity contribution in [2.45, 2.75) is 19.6 Å². The third kappa shape index (κ3) is 6.33. The summed E-state index contributed by atoms with van der Waals surface area (Å²) in [5, 5.41) is 15.7. The Morgan fingerprint density at radius 1 is 1.10 bits per heavy atom. The fourth-order valence-corrected chi connectivity index (χ4v) is 4.73. The van der Waals surface area contributed by atoms with E-state index in [2.05, 4.69) is 20.6 Å². The number of amides is 1. The fourth-order valence-electron chi connectivity index (χ4n) is 4.15. The molecule has 0 aliphatic carbocycles. The smallest absolute Gasteiger partial charge is 0.330 e. The van der Waals surface area contributed by atoms with Gasteiger partial charge in [0.1, 0.15) is 11.3 Å². The molecule has 0 aliphatic rings. The minimum Gasteiger partial charge on any atom is -0.481 e. The number of benzene rings is 1. The van der Waals surface area contributed by atoms with E-state index in [0.29, 0.717) is 41.5 Å². The van der Waals surface area contributed by atoms with E-state index in [4.69, 9.17) is 27.9 Å². The lowest BCUT2D eigenvalue weighted by molar-refractivity contribution is 0.102. The highest BCUT2D eigenvalue weighted by molar-refractivity contribution is 6.39. The first-order valence-electron chi connectivity index (χ1n) is 12.5. The van der Waals surface area contributed by atoms with Crippen LogP contribution in [-0.4, -0.2) is 49.9 Å². The lowest BCUT2D eigenvalue weighted by Gasteiger charge is -2.15. The highest BCUT2D eigenvalue weighted by atomic mass is 35.5. The van der Waals surface area contributed by atoms with Crippen LogP contribution in [0.2, 0.25) is 10.0 Å². The van der Waals surface area contributed by atoms with Gasteiger partial charge in [0, 0.05) is 56.3 Å². The van der Waals surface area contributed by atoms with Gasteiger partial charge in [-0.25, -0.2) is 9.78 Å². The van der Waals surface area contributed by atoms with E-state index < -0.39 is 23.3 Å². The Morgan fingerprint density at radius 3 is 2.54 bits per heavy atom. The van der Waals surface area contributed by atoms with Crippen LogP contribution in [0.3, 0.4) is 0 Å². The van der Waals surface area contributed by atoms with Crippen LogP contribution in [0.15, 0.2) is 58.4 Å². The molecule has 1 aromatic carbocycles. The SMILES string of the molecule is COc1nc(-c2nccc(-c3cccc(NC(=O)c4cn(C)c(=O)n(C)c4=O)c3Cl)c2Cl)ccc1CNCC(C)O. The number of rotatable bonds is 9. The zero-order chi connectivity index (χ0) is 29.8. The molecule has 0 bridgehead atoms. The van der Waals surface area contributed by atoms with Gasteiger partial charge in [0.25, 0.3) is 11.5 Å². The Kier molecular flexibility index (Phi) is 9.24. The van der Waals surface area contributed by atoms with Crippen LogP contribution in [0, 0.1) is 0 Å². The summed E-state index contributed by atoms with van der Waals surface area (Å²) < 4.78 is 7.47. The maximum atomic E-state index is 13.0. The molecule has 4 aromatic rings. The number of aryl methyl sites for hydroxylation is 1. The monoisotopic (exact) mass is 598 g/mol. The number of methoxy groups -OCH3 is 1. The quantitative estimate of drug-likeness (QED) is 0.267. The standard InChI is InChI=1S/C28H28Cl2N6O5/c1-15(37)12-31-13-16-8-9-21(34-26(16)41-4)24-23(30)18(10-11-32-24)17-6-5-7-20(22(17)29)33-25(38)19-14-35(2)28(40)36(3)27(19)39/h5-11,14-15,31,37H,12-13H2,1-4H3,(H,33,38). The number of aliphatic hydroxyl groups excluding tert-OH is 1. The highest BCUT2D eigenvalue weighted by Gasteiger charge is 2.20. The lowest BCUT2D eigenvalue weighted by Crippen LogP contribution is -2.40. The second kappa shape index (κ2) is 12.6. The second-order valence-corrected chi connectivity index (χ2v) is 10.0. The molecule has 13 heteroatoms. The number of ether oxygens (including phenoxy) is 1. The third-order valence-electron chi connectivity index (χ3n) is 6.25. The maximum Gasteiger partial charge on any atom is 0.330 e. The van der Waals surface area contributed by atoms with Gasteiger partial charge in [0.05, 0.1) is 34.6 Å². The van der Waals surface area contributed by atoms with Gasteiger partial charge in [0.2, 0.25) is 5.88 Å². The molecule has 0 spiro atoms. The van der Waals surface area contributed by atoms with Gasteiger partial charge in [0.15, 0.2) is 0 Å². The van der Waals surface area contributed by atoms with Crippen molar-refractivity contribution in [2.24, 2.45) is 14.1 Å². The van der Waals surface area contributed by atoms with Crippen molar-refractivity contribution < 1.29 is 14.6 Å². The number of carbonyl (C=O) groups is 1. The molecule has 0 radical (unpaired) electrons. The number of aliphatic hydroxyl groups is 1. The molecule has 0 fully saturated rings. The molecule has 11 nitrogen and oxygen atoms in total. The number of carbonyl (C=O) groups excluding carboxylic acids is 1. The topological polar surface area (TPSA) is 140 Å². The summed E-state index contributed by atoms with van der Waals surface area (Å²) in [6.45, 7) is 2.56. The van der Waals surface area contributed by atoms with Crippen molar-refractivity contribution in [3.8, 4) is 28.4 Å². The van der Waals surface area contributed by atoms with E-state index in [1.54, 1.807) is 43.5 Å². The third-order valence-corrected chi connectivity index (χ3v) is 7.04. The second-order valence-electron chi connectivity index (χ2n) is 9.29. The number of aromatic nitrogens is 4. The number of nitrogens with one attached hydrogen (secondary N) is 2. The van der Waals surface area contributed by atoms with Crippen molar-refractivity contribution in [3.63, 3.8) is 0 Å². The number of pyridine rings is 2. The van der Waals surface area contributed by atoms with Crippen LogP contribution >= 0.6 is 23.2 Å². The molecule has 41 heavy (non-hydrogen) atoms. The molecule has 1 amide bonds. The van der Waals surface area contributed by atoms with Crippen molar-refractivity contribution in [1.29, 1.82) is 0 Å². The molecule has 3 heterocycles. The van der Waals surface area contributed by atoms with E-state index in [1.165, 1.54) is 27.4 Å². The maximum absolute atomic E-state index is 13.0. The zero-order valence-corrected chi connectivity index (χ0v) is 24.2. The molecular formula is C28H28Cl2N6O5. The fraction of sp³-hybridized carbons (Fsp3) is 0.250. The van der Waals surface area contributed by atoms with Gasteiger partial charge < -0.3 is 25.0 Å². The average Bonchev–Trinajstić information content (AvgIpc) is 2.95. The molecule has 0 saturated carbocycles. The largest absolute Gasteiger partial charge is 0.481 e. The van der Waals surface area contributed by atoms with Crippen LogP contribution in [0.5, 0.6) is 5.88 Å². The first kappa shape index (κ1) is 29.9. The van der Waals surface area contributed by atoms with Gasteiger partial charge >= 0.3 is 5.69 Å². The van der Waals surface area contributed by atoms with Crippen LogP contribution in [0.1, 0.15) is 22.8 Å². The summed E-state index contributed by atoms with van der Waals surface area (Å²) in [4.78, 5) is 46.5. The number of hydrogen-bond acceptors (Lipinski definition) is 8.